The van der Waals surface area contributed by atoms with Crippen LogP contribution in [-0.4, -0.2) is 26.9 Å². The van der Waals surface area contributed by atoms with Crippen molar-refractivity contribution in [2.45, 2.75) is 33.7 Å². The van der Waals surface area contributed by atoms with Crippen LogP contribution in [0.1, 0.15) is 38.1 Å². The lowest BCUT2D eigenvalue weighted by Crippen LogP contribution is -2.41. The molecule has 5 nitrogen and oxygen atoms in total. The van der Waals surface area contributed by atoms with Crippen LogP contribution in [0, 0.1) is 5.41 Å². The van der Waals surface area contributed by atoms with Gasteiger partial charge < -0.3 is 10.3 Å². The molecule has 18 heavy (non-hydrogen) atoms. The Morgan fingerprint density at radius 1 is 1.33 bits per heavy atom. The van der Waals surface area contributed by atoms with Crippen molar-refractivity contribution in [2.75, 3.05) is 0 Å². The Hall–Kier alpha value is -1.91. The highest BCUT2D eigenvalue weighted by molar-refractivity contribution is 6.04. The van der Waals surface area contributed by atoms with Gasteiger partial charge in [0.15, 0.2) is 5.65 Å². The van der Waals surface area contributed by atoms with Gasteiger partial charge in [0, 0.05) is 24.6 Å². The van der Waals surface area contributed by atoms with Crippen molar-refractivity contribution in [1.29, 1.82) is 0 Å². The maximum Gasteiger partial charge on any atom is 0.255 e. The lowest BCUT2D eigenvalue weighted by atomic mass is 9.88. The summed E-state index contributed by atoms with van der Waals surface area (Å²) in [6.45, 7) is 8.27. The molecule has 0 aliphatic carbocycles. The molecule has 2 aromatic rings. The van der Waals surface area contributed by atoms with Gasteiger partial charge in [0.25, 0.3) is 5.91 Å². The summed E-state index contributed by atoms with van der Waals surface area (Å²) in [6, 6.07) is 0.0756. The van der Waals surface area contributed by atoms with Gasteiger partial charge in [0.1, 0.15) is 5.52 Å². The third kappa shape index (κ3) is 2.34. The van der Waals surface area contributed by atoms with Gasteiger partial charge >= 0.3 is 0 Å². The fourth-order valence-corrected chi connectivity index (χ4v) is 1.51. The van der Waals surface area contributed by atoms with Crippen LogP contribution in [0.2, 0.25) is 0 Å². The highest BCUT2D eigenvalue weighted by Gasteiger charge is 2.23. The van der Waals surface area contributed by atoms with Gasteiger partial charge in [-0.25, -0.2) is 4.98 Å². The molecule has 5 heteroatoms. The molecule has 0 spiro atoms. The van der Waals surface area contributed by atoms with Gasteiger partial charge in [-0.3, -0.25) is 9.78 Å². The summed E-state index contributed by atoms with van der Waals surface area (Å²) >= 11 is 0. The highest BCUT2D eigenvalue weighted by atomic mass is 16.1. The van der Waals surface area contributed by atoms with Crippen LogP contribution in [0.25, 0.3) is 11.2 Å². The van der Waals surface area contributed by atoms with E-state index in [0.29, 0.717) is 16.7 Å². The van der Waals surface area contributed by atoms with Crippen LogP contribution < -0.4 is 5.32 Å². The molecule has 2 N–H and O–H groups in total. The van der Waals surface area contributed by atoms with E-state index in [9.17, 15) is 4.79 Å². The van der Waals surface area contributed by atoms with Crippen molar-refractivity contribution in [2.24, 2.45) is 5.41 Å². The second-order valence-corrected chi connectivity index (χ2v) is 5.52. The predicted octanol–water partition coefficient (Wildman–Crippen LogP) is 2.12. The Morgan fingerprint density at radius 2 is 2.00 bits per heavy atom. The number of fused-ring (bicyclic) bond motifs is 1. The van der Waals surface area contributed by atoms with E-state index in [1.54, 1.807) is 18.6 Å². The third-order valence-corrected chi connectivity index (χ3v) is 3.20. The van der Waals surface area contributed by atoms with Crippen molar-refractivity contribution in [3.05, 3.63) is 24.2 Å². The molecule has 96 valence electrons. The molecule has 2 rings (SSSR count). The molecule has 1 amide bonds. The third-order valence-electron chi connectivity index (χ3n) is 3.20. The molecule has 0 aliphatic rings. The number of nitrogens with one attached hydrogen (secondary N) is 2. The number of carbonyl (C=O) groups excluding carboxylic acids is 1. The smallest absolute Gasteiger partial charge is 0.255 e. The molecule has 0 saturated heterocycles. The molecular formula is C13H18N4O. The van der Waals surface area contributed by atoms with Crippen molar-refractivity contribution in [1.82, 2.24) is 20.3 Å². The van der Waals surface area contributed by atoms with E-state index in [0.717, 1.165) is 0 Å². The minimum absolute atomic E-state index is 0.0213. The zero-order valence-corrected chi connectivity index (χ0v) is 11.1. The van der Waals surface area contributed by atoms with Gasteiger partial charge in [-0.15, -0.1) is 0 Å². The lowest BCUT2D eigenvalue weighted by Gasteiger charge is -2.27. The first-order valence-electron chi connectivity index (χ1n) is 5.98. The summed E-state index contributed by atoms with van der Waals surface area (Å²) in [4.78, 5) is 23.4. The van der Waals surface area contributed by atoms with E-state index in [4.69, 9.17) is 0 Å². The Balaban J connectivity index is 2.24. The summed E-state index contributed by atoms with van der Waals surface area (Å²) in [5, 5.41) is 2.99. The van der Waals surface area contributed by atoms with Crippen LogP contribution in [0.3, 0.4) is 0 Å². The molecule has 0 radical (unpaired) electrons. The number of hydrogen-bond donors (Lipinski definition) is 2. The molecule has 0 unspecified atom stereocenters. The van der Waals surface area contributed by atoms with E-state index in [1.807, 2.05) is 6.92 Å². The van der Waals surface area contributed by atoms with Crippen LogP contribution in [0.15, 0.2) is 18.6 Å². The maximum atomic E-state index is 12.2. The topological polar surface area (TPSA) is 70.7 Å². The van der Waals surface area contributed by atoms with Gasteiger partial charge in [-0.2, -0.15) is 0 Å². The summed E-state index contributed by atoms with van der Waals surface area (Å²) < 4.78 is 0. The van der Waals surface area contributed by atoms with Crippen molar-refractivity contribution in [3.8, 4) is 0 Å². The SMILES string of the molecule is C[C@H](NC(=O)c1c[nH]c2nccnc12)C(C)(C)C. The molecule has 0 bridgehead atoms. The Kier molecular flexibility index (Phi) is 3.07. The Labute approximate surface area is 106 Å². The lowest BCUT2D eigenvalue weighted by molar-refractivity contribution is 0.0911. The number of aromatic amines is 1. The van der Waals surface area contributed by atoms with E-state index in [-0.39, 0.29) is 17.4 Å². The van der Waals surface area contributed by atoms with E-state index >= 15 is 0 Å². The number of H-pyrrole nitrogens is 1. The molecule has 2 aromatic heterocycles. The first kappa shape index (κ1) is 12.5. The number of amides is 1. The van der Waals surface area contributed by atoms with Crippen LogP contribution in [0.5, 0.6) is 0 Å². The summed E-state index contributed by atoms with van der Waals surface area (Å²) in [5.74, 6) is -0.121. The number of nitrogens with zero attached hydrogens (tertiary/aromatic N) is 2. The molecule has 1 atom stereocenters. The van der Waals surface area contributed by atoms with Gasteiger partial charge in [-0.05, 0) is 12.3 Å². The monoisotopic (exact) mass is 246 g/mol. The van der Waals surface area contributed by atoms with Gasteiger partial charge in [0.2, 0.25) is 0 Å². The average Bonchev–Trinajstić information content (AvgIpc) is 2.71. The maximum absolute atomic E-state index is 12.2. The predicted molar refractivity (Wildman–Crippen MR) is 70.3 cm³/mol. The van der Waals surface area contributed by atoms with Gasteiger partial charge in [-0.1, -0.05) is 20.8 Å². The van der Waals surface area contributed by atoms with Crippen LogP contribution >= 0.6 is 0 Å². The standard InChI is InChI=1S/C13H18N4O/c1-8(13(2,3)4)17-12(18)9-7-16-11-10(9)14-5-6-15-11/h5-8H,1-4H3,(H,15,16)(H,17,18)/t8-/m0/s1. The quantitative estimate of drug-likeness (QED) is 0.852. The molecule has 2 heterocycles. The summed E-state index contributed by atoms with van der Waals surface area (Å²) in [7, 11) is 0. The molecular weight excluding hydrogens is 228 g/mol. The molecule has 0 fully saturated rings. The average molecular weight is 246 g/mol. The fourth-order valence-electron chi connectivity index (χ4n) is 1.51. The van der Waals surface area contributed by atoms with Gasteiger partial charge in [0.05, 0.1) is 5.56 Å². The first-order chi connectivity index (χ1) is 8.39. The normalized spacial score (nSPS) is 13.6. The number of rotatable bonds is 2. The summed E-state index contributed by atoms with van der Waals surface area (Å²) in [5.41, 5.74) is 1.80. The second kappa shape index (κ2) is 4.40. The largest absolute Gasteiger partial charge is 0.349 e. The van der Waals surface area contributed by atoms with Crippen molar-refractivity contribution in [3.63, 3.8) is 0 Å². The molecule has 0 saturated carbocycles. The van der Waals surface area contributed by atoms with Crippen LogP contribution in [0.4, 0.5) is 0 Å². The minimum atomic E-state index is -0.121. The zero-order chi connectivity index (χ0) is 13.3. The Morgan fingerprint density at radius 3 is 2.67 bits per heavy atom. The van der Waals surface area contributed by atoms with E-state index in [2.05, 4.69) is 41.0 Å². The highest BCUT2D eigenvalue weighted by Crippen LogP contribution is 2.20. The van der Waals surface area contributed by atoms with Crippen molar-refractivity contribution < 1.29 is 4.79 Å². The zero-order valence-electron chi connectivity index (χ0n) is 11.1. The minimum Gasteiger partial charge on any atom is -0.349 e. The second-order valence-electron chi connectivity index (χ2n) is 5.52. The summed E-state index contributed by atoms with van der Waals surface area (Å²) in [6.07, 6.45) is 4.83. The Bertz CT molecular complexity index is 568. The number of hydrogen-bond acceptors (Lipinski definition) is 3. The number of aromatic nitrogens is 3. The molecule has 0 aliphatic heterocycles. The number of carbonyl (C=O) groups is 1. The van der Waals surface area contributed by atoms with Crippen LogP contribution in [-0.2, 0) is 0 Å². The fraction of sp³-hybridized carbons (Fsp3) is 0.462. The van der Waals surface area contributed by atoms with E-state index in [1.165, 1.54) is 0 Å². The van der Waals surface area contributed by atoms with Crippen molar-refractivity contribution >= 4 is 17.1 Å². The van der Waals surface area contributed by atoms with E-state index < -0.39 is 0 Å². The molecule has 0 aromatic carbocycles. The first-order valence-corrected chi connectivity index (χ1v) is 5.98.